The summed E-state index contributed by atoms with van der Waals surface area (Å²) in [6.07, 6.45) is -0.681. The molecule has 30 heavy (non-hydrogen) atoms. The van der Waals surface area contributed by atoms with Gasteiger partial charge in [0, 0.05) is 25.2 Å². The molecule has 0 spiro atoms. The van der Waals surface area contributed by atoms with Crippen LogP contribution in [0.25, 0.3) is 0 Å². The van der Waals surface area contributed by atoms with Crippen molar-refractivity contribution in [1.29, 1.82) is 0 Å². The molecule has 0 saturated carbocycles. The summed E-state index contributed by atoms with van der Waals surface area (Å²) >= 11 is 0. The second kappa shape index (κ2) is 10.8. The maximum atomic E-state index is 13.3. The summed E-state index contributed by atoms with van der Waals surface area (Å²) in [5, 5.41) is 10.6. The van der Waals surface area contributed by atoms with Crippen molar-refractivity contribution in [2.75, 3.05) is 20.3 Å². The van der Waals surface area contributed by atoms with Crippen LogP contribution in [0.5, 0.6) is 11.5 Å². The second-order valence-corrected chi connectivity index (χ2v) is 7.34. The summed E-state index contributed by atoms with van der Waals surface area (Å²) in [5.74, 6) is 1.31. The summed E-state index contributed by atoms with van der Waals surface area (Å²) in [6.45, 7) is 3.73. The highest BCUT2D eigenvalue weighted by atomic mass is 19.1. The molecule has 0 amide bonds. The van der Waals surface area contributed by atoms with Gasteiger partial charge in [-0.1, -0.05) is 48.5 Å². The van der Waals surface area contributed by atoms with Crippen LogP contribution in [0, 0.1) is 12.7 Å². The molecule has 0 aliphatic heterocycles. The van der Waals surface area contributed by atoms with E-state index in [1.165, 1.54) is 12.1 Å². The monoisotopic (exact) mass is 409 g/mol. The number of ether oxygens (including phenoxy) is 2. The maximum absolute atomic E-state index is 13.3. The van der Waals surface area contributed by atoms with Gasteiger partial charge < -0.3 is 14.6 Å². The number of rotatable bonds is 10. The molecule has 0 aliphatic carbocycles. The zero-order chi connectivity index (χ0) is 21.3. The van der Waals surface area contributed by atoms with E-state index in [9.17, 15) is 9.50 Å². The first-order chi connectivity index (χ1) is 14.5. The van der Waals surface area contributed by atoms with E-state index in [1.807, 2.05) is 55.5 Å². The number of nitrogens with zero attached hydrogens (tertiary/aromatic N) is 1. The van der Waals surface area contributed by atoms with Crippen LogP contribution < -0.4 is 9.47 Å². The molecule has 3 aromatic carbocycles. The van der Waals surface area contributed by atoms with Crippen molar-refractivity contribution < 1.29 is 19.0 Å². The standard InChI is InChI=1S/C25H28FNO3/c1-19-7-3-5-9-24(19)30-18-23(28)17-27(15-20-11-13-22(26)14-12-20)16-21-8-4-6-10-25(21)29-2/h3-14,23,28H,15-18H2,1-2H3. The predicted octanol–water partition coefficient (Wildman–Crippen LogP) is 4.58. The Bertz CT molecular complexity index is 930. The topological polar surface area (TPSA) is 41.9 Å². The van der Waals surface area contributed by atoms with Crippen LogP contribution >= 0.6 is 0 Å². The number of benzene rings is 3. The van der Waals surface area contributed by atoms with Gasteiger partial charge >= 0.3 is 0 Å². The first-order valence-electron chi connectivity index (χ1n) is 10.0. The first kappa shape index (κ1) is 21.8. The predicted molar refractivity (Wildman–Crippen MR) is 116 cm³/mol. The minimum Gasteiger partial charge on any atom is -0.496 e. The quantitative estimate of drug-likeness (QED) is 0.532. The molecule has 5 heteroatoms. The van der Waals surface area contributed by atoms with Crippen LogP contribution in [0.1, 0.15) is 16.7 Å². The van der Waals surface area contributed by atoms with Gasteiger partial charge in [-0.25, -0.2) is 4.39 Å². The highest BCUT2D eigenvalue weighted by molar-refractivity contribution is 5.33. The normalized spacial score (nSPS) is 12.0. The fourth-order valence-electron chi connectivity index (χ4n) is 3.36. The summed E-state index contributed by atoms with van der Waals surface area (Å²) in [6, 6.07) is 22.0. The van der Waals surface area contributed by atoms with E-state index in [1.54, 1.807) is 19.2 Å². The molecule has 0 fully saturated rings. The van der Waals surface area contributed by atoms with Crippen LogP contribution in [-0.2, 0) is 13.1 Å². The average Bonchev–Trinajstić information content (AvgIpc) is 2.75. The fraction of sp³-hybridized carbons (Fsp3) is 0.280. The molecular formula is C25H28FNO3. The third kappa shape index (κ3) is 6.31. The number of para-hydroxylation sites is 2. The number of hydrogen-bond donors (Lipinski definition) is 1. The molecule has 3 rings (SSSR count). The summed E-state index contributed by atoms with van der Waals surface area (Å²) in [7, 11) is 1.65. The van der Waals surface area contributed by atoms with Crippen molar-refractivity contribution in [1.82, 2.24) is 4.90 Å². The Labute approximate surface area is 177 Å². The van der Waals surface area contributed by atoms with E-state index in [-0.39, 0.29) is 12.4 Å². The zero-order valence-electron chi connectivity index (χ0n) is 17.4. The molecule has 1 atom stereocenters. The lowest BCUT2D eigenvalue weighted by atomic mass is 10.1. The first-order valence-corrected chi connectivity index (χ1v) is 10.0. The third-order valence-electron chi connectivity index (χ3n) is 4.90. The number of aliphatic hydroxyl groups is 1. The SMILES string of the molecule is COc1ccccc1CN(Cc1ccc(F)cc1)CC(O)COc1ccccc1C. The molecule has 0 saturated heterocycles. The van der Waals surface area contributed by atoms with Crippen molar-refractivity contribution in [3.05, 3.63) is 95.3 Å². The van der Waals surface area contributed by atoms with Crippen LogP contribution in [-0.4, -0.2) is 36.4 Å². The van der Waals surface area contributed by atoms with Crippen molar-refractivity contribution >= 4 is 0 Å². The number of methoxy groups -OCH3 is 1. The van der Waals surface area contributed by atoms with E-state index in [0.29, 0.717) is 19.6 Å². The molecule has 158 valence electrons. The largest absolute Gasteiger partial charge is 0.496 e. The molecule has 4 nitrogen and oxygen atoms in total. The molecule has 0 aliphatic rings. The van der Waals surface area contributed by atoms with Crippen molar-refractivity contribution in [2.45, 2.75) is 26.1 Å². The Morgan fingerprint density at radius 2 is 1.57 bits per heavy atom. The van der Waals surface area contributed by atoms with Gasteiger partial charge in [0.15, 0.2) is 0 Å². The van der Waals surface area contributed by atoms with Gasteiger partial charge in [-0.05, 0) is 42.3 Å². The highest BCUT2D eigenvalue weighted by Gasteiger charge is 2.16. The van der Waals surface area contributed by atoms with Gasteiger partial charge in [0.25, 0.3) is 0 Å². The summed E-state index contributed by atoms with van der Waals surface area (Å²) in [4.78, 5) is 2.11. The lowest BCUT2D eigenvalue weighted by Crippen LogP contribution is -2.35. The van der Waals surface area contributed by atoms with E-state index in [4.69, 9.17) is 9.47 Å². The summed E-state index contributed by atoms with van der Waals surface area (Å²) in [5.41, 5.74) is 3.02. The van der Waals surface area contributed by atoms with Gasteiger partial charge in [-0.15, -0.1) is 0 Å². The molecule has 0 radical (unpaired) electrons. The Kier molecular flexibility index (Phi) is 7.82. The Morgan fingerprint density at radius 3 is 2.27 bits per heavy atom. The van der Waals surface area contributed by atoms with Crippen LogP contribution in [0.15, 0.2) is 72.8 Å². The van der Waals surface area contributed by atoms with Gasteiger partial charge in [0.05, 0.1) is 7.11 Å². The molecule has 0 bridgehead atoms. The van der Waals surface area contributed by atoms with Crippen molar-refractivity contribution in [3.8, 4) is 11.5 Å². The van der Waals surface area contributed by atoms with Gasteiger partial charge in [0.1, 0.15) is 30.0 Å². The molecule has 1 unspecified atom stereocenters. The third-order valence-corrected chi connectivity index (χ3v) is 4.90. The lowest BCUT2D eigenvalue weighted by molar-refractivity contribution is 0.0623. The molecule has 0 aromatic heterocycles. The van der Waals surface area contributed by atoms with Gasteiger partial charge in [-0.2, -0.15) is 0 Å². The minimum atomic E-state index is -0.681. The Morgan fingerprint density at radius 1 is 0.900 bits per heavy atom. The van der Waals surface area contributed by atoms with E-state index in [2.05, 4.69) is 4.90 Å². The van der Waals surface area contributed by atoms with Crippen LogP contribution in [0.2, 0.25) is 0 Å². The van der Waals surface area contributed by atoms with E-state index < -0.39 is 6.10 Å². The van der Waals surface area contributed by atoms with E-state index >= 15 is 0 Å². The smallest absolute Gasteiger partial charge is 0.123 e. The number of aliphatic hydroxyl groups excluding tert-OH is 1. The maximum Gasteiger partial charge on any atom is 0.123 e. The molecule has 3 aromatic rings. The van der Waals surface area contributed by atoms with E-state index in [0.717, 1.165) is 28.2 Å². The highest BCUT2D eigenvalue weighted by Crippen LogP contribution is 2.21. The fourth-order valence-corrected chi connectivity index (χ4v) is 3.36. The Hall–Kier alpha value is -2.89. The Balaban J connectivity index is 1.69. The van der Waals surface area contributed by atoms with Gasteiger partial charge in [-0.3, -0.25) is 4.90 Å². The number of aryl methyl sites for hydroxylation is 1. The number of hydrogen-bond acceptors (Lipinski definition) is 4. The summed E-state index contributed by atoms with van der Waals surface area (Å²) < 4.78 is 24.6. The van der Waals surface area contributed by atoms with Crippen molar-refractivity contribution in [2.24, 2.45) is 0 Å². The molecular weight excluding hydrogens is 381 g/mol. The minimum absolute atomic E-state index is 0.191. The molecule has 1 N–H and O–H groups in total. The lowest BCUT2D eigenvalue weighted by Gasteiger charge is -2.26. The average molecular weight is 410 g/mol. The number of halogens is 1. The zero-order valence-corrected chi connectivity index (χ0v) is 17.4. The van der Waals surface area contributed by atoms with Gasteiger partial charge in [0.2, 0.25) is 0 Å². The van der Waals surface area contributed by atoms with Crippen LogP contribution in [0.4, 0.5) is 4.39 Å². The molecule has 0 heterocycles. The second-order valence-electron chi connectivity index (χ2n) is 7.34. The van der Waals surface area contributed by atoms with Crippen LogP contribution in [0.3, 0.4) is 0 Å². The van der Waals surface area contributed by atoms with Crippen molar-refractivity contribution in [3.63, 3.8) is 0 Å².